The number of aliphatic hydroxyl groups is 1. The van der Waals surface area contributed by atoms with Gasteiger partial charge in [0.15, 0.2) is 11.4 Å². The summed E-state index contributed by atoms with van der Waals surface area (Å²) in [4.78, 5) is 24.2. The first-order valence-electron chi connectivity index (χ1n) is 13.8. The van der Waals surface area contributed by atoms with Crippen LogP contribution in [-0.2, 0) is 19.8 Å². The fraction of sp³-hybridized carbons (Fsp3) is 0.0882. The summed E-state index contributed by atoms with van der Waals surface area (Å²) in [5.41, 5.74) is 2.87. The van der Waals surface area contributed by atoms with Crippen molar-refractivity contribution in [2.75, 3.05) is 0 Å². The molecule has 234 valence electrons. The third-order valence-corrected chi connectivity index (χ3v) is 7.17. The third kappa shape index (κ3) is 8.16. The Morgan fingerprint density at radius 3 is 1.63 bits per heavy atom. The molecule has 2 heterocycles. The topological polar surface area (TPSA) is 113 Å². The Balaban J connectivity index is 0.000000181. The van der Waals surface area contributed by atoms with E-state index in [-0.39, 0.29) is 45.4 Å². The molecule has 46 heavy (non-hydrogen) atoms. The predicted molar refractivity (Wildman–Crippen MR) is 171 cm³/mol. The maximum atomic E-state index is 14.3. The SMILES string of the molecule is O=Cc1nc(-c2ccc(OCc3ccccc3)cc2F)[nH]c1Cl.OCc1[nH]c(-c2ccc(OCc3ccccc3)cc2F)nc1Cl. The largest absolute Gasteiger partial charge is 0.489 e. The van der Waals surface area contributed by atoms with Crippen LogP contribution in [0.15, 0.2) is 97.1 Å². The van der Waals surface area contributed by atoms with Gasteiger partial charge in [-0.05, 0) is 35.4 Å². The summed E-state index contributed by atoms with van der Waals surface area (Å²) >= 11 is 11.6. The van der Waals surface area contributed by atoms with Gasteiger partial charge in [-0.25, -0.2) is 18.7 Å². The number of H-pyrrole nitrogens is 2. The molecule has 0 aliphatic rings. The van der Waals surface area contributed by atoms with E-state index in [1.54, 1.807) is 18.2 Å². The number of nitrogens with one attached hydrogen (secondary N) is 2. The summed E-state index contributed by atoms with van der Waals surface area (Å²) in [5.74, 6) is 0.303. The molecular formula is C34H26Cl2F2N4O4. The molecule has 0 saturated carbocycles. The molecule has 0 amide bonds. The molecule has 2 aromatic heterocycles. The zero-order valence-corrected chi connectivity index (χ0v) is 25.5. The second kappa shape index (κ2) is 15.3. The van der Waals surface area contributed by atoms with Crippen LogP contribution in [0.2, 0.25) is 10.3 Å². The van der Waals surface area contributed by atoms with Crippen molar-refractivity contribution in [3.05, 3.63) is 142 Å². The fourth-order valence-corrected chi connectivity index (χ4v) is 4.60. The van der Waals surface area contributed by atoms with Gasteiger partial charge in [0.2, 0.25) is 0 Å². The van der Waals surface area contributed by atoms with Gasteiger partial charge in [-0.3, -0.25) is 4.79 Å². The normalized spacial score (nSPS) is 10.6. The van der Waals surface area contributed by atoms with Crippen LogP contribution in [0, 0.1) is 11.6 Å². The highest BCUT2D eigenvalue weighted by Gasteiger charge is 2.15. The molecule has 12 heteroatoms. The molecule has 0 aliphatic carbocycles. The summed E-state index contributed by atoms with van der Waals surface area (Å²) in [7, 11) is 0. The summed E-state index contributed by atoms with van der Waals surface area (Å²) in [6.07, 6.45) is 0.511. The lowest BCUT2D eigenvalue weighted by Crippen LogP contribution is -1.96. The van der Waals surface area contributed by atoms with Crippen LogP contribution in [-0.4, -0.2) is 31.3 Å². The number of aromatic nitrogens is 4. The third-order valence-electron chi connectivity index (χ3n) is 6.57. The Bertz CT molecular complexity index is 1920. The first-order valence-corrected chi connectivity index (χ1v) is 14.6. The van der Waals surface area contributed by atoms with Gasteiger partial charge in [-0.15, -0.1) is 0 Å². The van der Waals surface area contributed by atoms with Crippen molar-refractivity contribution in [3.63, 3.8) is 0 Å². The minimum atomic E-state index is -0.515. The van der Waals surface area contributed by atoms with Gasteiger partial charge in [0.1, 0.15) is 58.8 Å². The number of aliphatic hydroxyl groups excluding tert-OH is 1. The van der Waals surface area contributed by atoms with Crippen molar-refractivity contribution in [2.45, 2.75) is 19.8 Å². The summed E-state index contributed by atoms with van der Waals surface area (Å²) in [5, 5.41) is 9.31. The monoisotopic (exact) mass is 662 g/mol. The number of benzene rings is 4. The molecule has 0 fully saturated rings. The van der Waals surface area contributed by atoms with Crippen molar-refractivity contribution in [2.24, 2.45) is 0 Å². The van der Waals surface area contributed by atoms with Gasteiger partial charge in [0, 0.05) is 12.1 Å². The van der Waals surface area contributed by atoms with E-state index in [0.29, 0.717) is 36.7 Å². The van der Waals surface area contributed by atoms with Crippen molar-refractivity contribution < 1.29 is 28.2 Å². The van der Waals surface area contributed by atoms with Crippen LogP contribution in [0.5, 0.6) is 11.5 Å². The molecule has 4 aromatic carbocycles. The molecule has 0 saturated heterocycles. The Kier molecular flexibility index (Phi) is 10.8. The molecule has 6 rings (SSSR count). The van der Waals surface area contributed by atoms with Gasteiger partial charge in [-0.2, -0.15) is 0 Å². The van der Waals surface area contributed by atoms with Gasteiger partial charge >= 0.3 is 0 Å². The number of hydrogen-bond acceptors (Lipinski definition) is 6. The van der Waals surface area contributed by atoms with Crippen molar-refractivity contribution in [1.82, 2.24) is 19.9 Å². The number of halogens is 4. The predicted octanol–water partition coefficient (Wildman–Crippen LogP) is 8.20. The zero-order valence-electron chi connectivity index (χ0n) is 24.0. The van der Waals surface area contributed by atoms with Crippen molar-refractivity contribution in [1.29, 1.82) is 0 Å². The molecule has 0 bridgehead atoms. The van der Waals surface area contributed by atoms with Crippen LogP contribution >= 0.6 is 23.2 Å². The van der Waals surface area contributed by atoms with Crippen LogP contribution in [0.1, 0.15) is 27.3 Å². The molecule has 6 aromatic rings. The molecule has 0 unspecified atom stereocenters. The average molecular weight is 664 g/mol. The van der Waals surface area contributed by atoms with Gasteiger partial charge in [0.05, 0.1) is 23.4 Å². The van der Waals surface area contributed by atoms with E-state index in [1.807, 2.05) is 60.7 Å². The molecular weight excluding hydrogens is 637 g/mol. The maximum absolute atomic E-state index is 14.3. The van der Waals surface area contributed by atoms with Crippen LogP contribution in [0.4, 0.5) is 8.78 Å². The fourth-order valence-electron chi connectivity index (χ4n) is 4.23. The van der Waals surface area contributed by atoms with Crippen LogP contribution in [0.3, 0.4) is 0 Å². The van der Waals surface area contributed by atoms with E-state index in [4.69, 9.17) is 37.8 Å². The number of ether oxygens (including phenoxy) is 2. The number of carbonyl (C=O) groups is 1. The van der Waals surface area contributed by atoms with E-state index < -0.39 is 11.6 Å². The Morgan fingerprint density at radius 1 is 0.717 bits per heavy atom. The second-order valence-electron chi connectivity index (χ2n) is 9.75. The number of aromatic amines is 2. The number of nitrogens with zero attached hydrogens (tertiary/aromatic N) is 2. The quantitative estimate of drug-likeness (QED) is 0.127. The zero-order chi connectivity index (χ0) is 32.5. The number of hydrogen-bond donors (Lipinski definition) is 3. The van der Waals surface area contributed by atoms with E-state index in [0.717, 1.165) is 11.1 Å². The van der Waals surface area contributed by atoms with E-state index in [2.05, 4.69) is 19.9 Å². The first-order chi connectivity index (χ1) is 22.3. The van der Waals surface area contributed by atoms with E-state index >= 15 is 0 Å². The van der Waals surface area contributed by atoms with E-state index in [1.165, 1.54) is 18.2 Å². The molecule has 0 atom stereocenters. The number of rotatable bonds is 10. The summed E-state index contributed by atoms with van der Waals surface area (Å²) < 4.78 is 39.6. The van der Waals surface area contributed by atoms with Gasteiger partial charge in [0.25, 0.3) is 0 Å². The van der Waals surface area contributed by atoms with Gasteiger partial charge < -0.3 is 24.5 Å². The molecule has 0 aliphatic heterocycles. The second-order valence-corrected chi connectivity index (χ2v) is 10.5. The van der Waals surface area contributed by atoms with Gasteiger partial charge in [-0.1, -0.05) is 83.9 Å². The maximum Gasteiger partial charge on any atom is 0.171 e. The summed E-state index contributed by atoms with van der Waals surface area (Å²) in [6, 6.07) is 28.2. The molecule has 0 spiro atoms. The first kappa shape index (κ1) is 32.4. The highest BCUT2D eigenvalue weighted by Crippen LogP contribution is 2.28. The smallest absolute Gasteiger partial charge is 0.171 e. The number of imidazole rings is 2. The summed E-state index contributed by atoms with van der Waals surface area (Å²) in [6.45, 7) is 0.425. The molecule has 8 nitrogen and oxygen atoms in total. The molecule has 0 radical (unpaired) electrons. The highest BCUT2D eigenvalue weighted by atomic mass is 35.5. The Morgan fingerprint density at radius 2 is 1.22 bits per heavy atom. The molecule has 3 N–H and O–H groups in total. The Hall–Kier alpha value is -5.03. The lowest BCUT2D eigenvalue weighted by Gasteiger charge is -2.07. The van der Waals surface area contributed by atoms with Crippen molar-refractivity contribution >= 4 is 29.5 Å². The number of carbonyl (C=O) groups excluding carboxylic acids is 1. The van der Waals surface area contributed by atoms with Crippen molar-refractivity contribution in [3.8, 4) is 34.3 Å². The standard InChI is InChI=1S/C17H14ClFN2O2.C17H12ClFN2O2/c2*18-16-15(9-22)20-17(21-16)13-7-6-12(8-14(13)19)23-10-11-4-2-1-3-5-11/h1-8,22H,9-10H2,(H,20,21);1-9H,10H2,(H,20,21). The Labute approximate surface area is 272 Å². The van der Waals surface area contributed by atoms with Crippen LogP contribution < -0.4 is 9.47 Å². The minimum Gasteiger partial charge on any atom is -0.489 e. The average Bonchev–Trinajstić information content (AvgIpc) is 3.65. The van der Waals surface area contributed by atoms with E-state index in [9.17, 15) is 13.6 Å². The lowest BCUT2D eigenvalue weighted by atomic mass is 10.2. The van der Waals surface area contributed by atoms with Crippen LogP contribution in [0.25, 0.3) is 22.8 Å². The minimum absolute atomic E-state index is 0.0467. The highest BCUT2D eigenvalue weighted by molar-refractivity contribution is 6.31. The number of aldehydes is 1. The lowest BCUT2D eigenvalue weighted by molar-refractivity contribution is 0.111.